The van der Waals surface area contributed by atoms with Crippen molar-refractivity contribution in [1.29, 1.82) is 0 Å². The van der Waals surface area contributed by atoms with Gasteiger partial charge in [0.1, 0.15) is 11.6 Å². The third kappa shape index (κ3) is 1.99. The lowest BCUT2D eigenvalue weighted by atomic mass is 10.0. The van der Waals surface area contributed by atoms with Crippen LogP contribution in [0.25, 0.3) is 11.1 Å². The fraction of sp³-hybridized carbons (Fsp3) is 0.0769. The van der Waals surface area contributed by atoms with Crippen molar-refractivity contribution < 1.29 is 9.50 Å². The maximum atomic E-state index is 13.0. The van der Waals surface area contributed by atoms with Gasteiger partial charge in [-0.3, -0.25) is 0 Å². The first kappa shape index (κ1) is 9.71. The Hall–Kier alpha value is -1.83. The summed E-state index contributed by atoms with van der Waals surface area (Å²) in [6.45, 7) is 1.89. The van der Waals surface area contributed by atoms with Crippen molar-refractivity contribution in [2.45, 2.75) is 6.92 Å². The van der Waals surface area contributed by atoms with Crippen LogP contribution >= 0.6 is 0 Å². The van der Waals surface area contributed by atoms with Crippen LogP contribution in [0.5, 0.6) is 5.75 Å². The van der Waals surface area contributed by atoms with Crippen LogP contribution in [-0.4, -0.2) is 5.11 Å². The second-order valence-electron chi connectivity index (χ2n) is 3.51. The first-order valence-electron chi connectivity index (χ1n) is 4.72. The Kier molecular flexibility index (Phi) is 2.42. The Balaban J connectivity index is 2.54. The van der Waals surface area contributed by atoms with E-state index in [0.717, 1.165) is 16.7 Å². The summed E-state index contributed by atoms with van der Waals surface area (Å²) in [5.41, 5.74) is 2.69. The number of halogens is 1. The van der Waals surface area contributed by atoms with Crippen LogP contribution < -0.4 is 0 Å². The summed E-state index contributed by atoms with van der Waals surface area (Å²) >= 11 is 0. The molecule has 0 unspecified atom stereocenters. The molecule has 0 radical (unpaired) electrons. The largest absolute Gasteiger partial charge is 0.508 e. The first-order chi connectivity index (χ1) is 7.16. The lowest BCUT2D eigenvalue weighted by molar-refractivity contribution is 0.475. The van der Waals surface area contributed by atoms with Crippen molar-refractivity contribution in [2.75, 3.05) is 0 Å². The molecule has 1 N–H and O–H groups in total. The SMILES string of the molecule is Cc1cc(O)ccc1-c1cccc(F)c1. The minimum Gasteiger partial charge on any atom is -0.508 e. The maximum absolute atomic E-state index is 13.0. The highest BCUT2D eigenvalue weighted by molar-refractivity contribution is 5.67. The van der Waals surface area contributed by atoms with E-state index in [0.29, 0.717) is 0 Å². The van der Waals surface area contributed by atoms with Gasteiger partial charge in [-0.25, -0.2) is 4.39 Å². The zero-order valence-electron chi connectivity index (χ0n) is 8.37. The Bertz CT molecular complexity index is 492. The number of phenolic OH excluding ortho intramolecular Hbond substituents is 1. The number of benzene rings is 2. The molecule has 2 aromatic rings. The molecular formula is C13H11FO. The van der Waals surface area contributed by atoms with Crippen molar-refractivity contribution in [2.24, 2.45) is 0 Å². The highest BCUT2D eigenvalue weighted by Crippen LogP contribution is 2.26. The van der Waals surface area contributed by atoms with Crippen molar-refractivity contribution in [3.8, 4) is 16.9 Å². The molecular weight excluding hydrogens is 191 g/mol. The molecule has 2 rings (SSSR count). The van der Waals surface area contributed by atoms with Crippen LogP contribution in [0.15, 0.2) is 42.5 Å². The van der Waals surface area contributed by atoms with Crippen molar-refractivity contribution in [1.82, 2.24) is 0 Å². The molecule has 0 bridgehead atoms. The second-order valence-corrected chi connectivity index (χ2v) is 3.51. The molecule has 0 aliphatic heterocycles. The number of rotatable bonds is 1. The van der Waals surface area contributed by atoms with Crippen LogP contribution in [0.1, 0.15) is 5.56 Å². The van der Waals surface area contributed by atoms with Crippen molar-refractivity contribution in [3.05, 3.63) is 53.8 Å². The van der Waals surface area contributed by atoms with E-state index in [-0.39, 0.29) is 11.6 Å². The van der Waals surface area contributed by atoms with Gasteiger partial charge in [0.25, 0.3) is 0 Å². The minimum atomic E-state index is -0.250. The number of aromatic hydroxyl groups is 1. The van der Waals surface area contributed by atoms with Gasteiger partial charge in [0.2, 0.25) is 0 Å². The van der Waals surface area contributed by atoms with E-state index in [1.54, 1.807) is 24.3 Å². The summed E-state index contributed by atoms with van der Waals surface area (Å²) in [6, 6.07) is 11.5. The zero-order chi connectivity index (χ0) is 10.8. The minimum absolute atomic E-state index is 0.229. The number of hydrogen-bond acceptors (Lipinski definition) is 1. The van der Waals surface area contributed by atoms with Gasteiger partial charge in [0.05, 0.1) is 0 Å². The van der Waals surface area contributed by atoms with E-state index >= 15 is 0 Å². The van der Waals surface area contributed by atoms with Gasteiger partial charge in [-0.15, -0.1) is 0 Å². The molecule has 76 valence electrons. The quantitative estimate of drug-likeness (QED) is 0.750. The normalized spacial score (nSPS) is 10.3. The molecule has 0 saturated heterocycles. The second kappa shape index (κ2) is 3.73. The molecule has 0 spiro atoms. The zero-order valence-corrected chi connectivity index (χ0v) is 8.37. The van der Waals surface area contributed by atoms with E-state index < -0.39 is 0 Å². The summed E-state index contributed by atoms with van der Waals surface area (Å²) in [7, 11) is 0. The molecule has 15 heavy (non-hydrogen) atoms. The molecule has 0 aromatic heterocycles. The van der Waals surface area contributed by atoms with Crippen molar-refractivity contribution in [3.63, 3.8) is 0 Å². The third-order valence-corrected chi connectivity index (χ3v) is 2.35. The summed E-state index contributed by atoms with van der Waals surface area (Å²) in [5.74, 6) is -0.0207. The third-order valence-electron chi connectivity index (χ3n) is 2.35. The van der Waals surface area contributed by atoms with Gasteiger partial charge >= 0.3 is 0 Å². The van der Waals surface area contributed by atoms with Crippen molar-refractivity contribution >= 4 is 0 Å². The monoisotopic (exact) mass is 202 g/mol. The smallest absolute Gasteiger partial charge is 0.123 e. The summed E-state index contributed by atoms with van der Waals surface area (Å²) < 4.78 is 13.0. The molecule has 0 saturated carbocycles. The van der Waals surface area contributed by atoms with Gasteiger partial charge < -0.3 is 5.11 Å². The van der Waals surface area contributed by atoms with E-state index in [1.807, 2.05) is 13.0 Å². The van der Waals surface area contributed by atoms with E-state index in [4.69, 9.17) is 0 Å². The average molecular weight is 202 g/mol. The van der Waals surface area contributed by atoms with Crippen LogP contribution in [0.4, 0.5) is 4.39 Å². The highest BCUT2D eigenvalue weighted by Gasteiger charge is 2.03. The van der Waals surface area contributed by atoms with Gasteiger partial charge in [0, 0.05) is 0 Å². The molecule has 2 aromatic carbocycles. The van der Waals surface area contributed by atoms with Gasteiger partial charge in [-0.2, -0.15) is 0 Å². The predicted molar refractivity (Wildman–Crippen MR) is 58.2 cm³/mol. The van der Waals surface area contributed by atoms with Crippen LogP contribution in [0, 0.1) is 12.7 Å². The van der Waals surface area contributed by atoms with Gasteiger partial charge in [-0.1, -0.05) is 18.2 Å². The lowest BCUT2D eigenvalue weighted by Crippen LogP contribution is -1.84. The van der Waals surface area contributed by atoms with Crippen LogP contribution in [0.2, 0.25) is 0 Å². The topological polar surface area (TPSA) is 20.2 Å². The van der Waals surface area contributed by atoms with Crippen LogP contribution in [0.3, 0.4) is 0 Å². The number of phenols is 1. The molecule has 0 atom stereocenters. The molecule has 0 amide bonds. The molecule has 1 nitrogen and oxygen atoms in total. The Morgan fingerprint density at radius 3 is 2.53 bits per heavy atom. The Morgan fingerprint density at radius 2 is 1.87 bits per heavy atom. The van der Waals surface area contributed by atoms with Gasteiger partial charge in [-0.05, 0) is 47.9 Å². The molecule has 0 heterocycles. The van der Waals surface area contributed by atoms with E-state index in [9.17, 15) is 9.50 Å². The maximum Gasteiger partial charge on any atom is 0.123 e. The first-order valence-corrected chi connectivity index (χ1v) is 4.72. The molecule has 0 aliphatic rings. The number of hydrogen-bond donors (Lipinski definition) is 1. The van der Waals surface area contributed by atoms with Crippen LogP contribution in [-0.2, 0) is 0 Å². The summed E-state index contributed by atoms with van der Waals surface area (Å²) in [6.07, 6.45) is 0. The fourth-order valence-corrected chi connectivity index (χ4v) is 1.63. The average Bonchev–Trinajstić information content (AvgIpc) is 2.17. The molecule has 0 aliphatic carbocycles. The standard InChI is InChI=1S/C13H11FO/c1-9-7-12(15)5-6-13(9)10-3-2-4-11(14)8-10/h2-8,15H,1H3. The Morgan fingerprint density at radius 1 is 1.07 bits per heavy atom. The Labute approximate surface area is 87.8 Å². The fourth-order valence-electron chi connectivity index (χ4n) is 1.63. The molecule has 0 fully saturated rings. The predicted octanol–water partition coefficient (Wildman–Crippen LogP) is 3.51. The van der Waals surface area contributed by atoms with Gasteiger partial charge in [0.15, 0.2) is 0 Å². The number of aryl methyl sites for hydroxylation is 1. The van der Waals surface area contributed by atoms with E-state index in [2.05, 4.69) is 0 Å². The lowest BCUT2D eigenvalue weighted by Gasteiger charge is -2.06. The summed E-state index contributed by atoms with van der Waals surface area (Å²) in [4.78, 5) is 0. The summed E-state index contributed by atoms with van der Waals surface area (Å²) in [5, 5.41) is 9.26. The molecule has 2 heteroatoms. The van der Waals surface area contributed by atoms with E-state index in [1.165, 1.54) is 12.1 Å². The highest BCUT2D eigenvalue weighted by atomic mass is 19.1.